The number of hydrogen-bond acceptors (Lipinski definition) is 2. The molecule has 0 aliphatic rings. The van der Waals surface area contributed by atoms with Crippen molar-refractivity contribution in [2.75, 3.05) is 0 Å². The first-order valence-corrected chi connectivity index (χ1v) is 7.34. The van der Waals surface area contributed by atoms with Crippen molar-refractivity contribution in [1.29, 1.82) is 0 Å². The summed E-state index contributed by atoms with van der Waals surface area (Å²) in [6.07, 6.45) is 0. The fourth-order valence-electron chi connectivity index (χ4n) is 2.61. The van der Waals surface area contributed by atoms with Gasteiger partial charge < -0.3 is 4.57 Å². The molecular formula is C17H11Cl2NO2. The van der Waals surface area contributed by atoms with Crippen molar-refractivity contribution in [3.63, 3.8) is 0 Å². The van der Waals surface area contributed by atoms with Gasteiger partial charge in [-0.25, -0.2) is 0 Å². The van der Waals surface area contributed by atoms with Crippen LogP contribution in [0.4, 0.5) is 0 Å². The Morgan fingerprint density at radius 2 is 1.73 bits per heavy atom. The number of benzene rings is 2. The summed E-state index contributed by atoms with van der Waals surface area (Å²) < 4.78 is 1.29. The van der Waals surface area contributed by atoms with Crippen LogP contribution in [-0.2, 0) is 7.05 Å². The highest BCUT2D eigenvalue weighted by atomic mass is 35.5. The van der Waals surface area contributed by atoms with E-state index in [1.165, 1.54) is 4.57 Å². The molecule has 1 heterocycles. The van der Waals surface area contributed by atoms with Gasteiger partial charge in [-0.2, -0.15) is 0 Å². The third kappa shape index (κ3) is 2.32. The highest BCUT2D eigenvalue weighted by molar-refractivity contribution is 6.68. The fourth-order valence-corrected chi connectivity index (χ4v) is 3.01. The average molecular weight is 332 g/mol. The minimum absolute atomic E-state index is 0.160. The van der Waals surface area contributed by atoms with E-state index < -0.39 is 5.24 Å². The number of fused-ring (bicyclic) bond motifs is 1. The van der Waals surface area contributed by atoms with Gasteiger partial charge in [0.15, 0.2) is 0 Å². The van der Waals surface area contributed by atoms with Crippen molar-refractivity contribution < 1.29 is 4.79 Å². The molecule has 0 bridgehead atoms. The molecule has 0 spiro atoms. The molecule has 0 N–H and O–H groups in total. The van der Waals surface area contributed by atoms with Gasteiger partial charge >= 0.3 is 0 Å². The molecule has 0 saturated heterocycles. The summed E-state index contributed by atoms with van der Waals surface area (Å²) in [6, 6.07) is 14.3. The lowest BCUT2D eigenvalue weighted by Crippen LogP contribution is -2.23. The van der Waals surface area contributed by atoms with Gasteiger partial charge in [0, 0.05) is 23.0 Å². The van der Waals surface area contributed by atoms with Crippen LogP contribution < -0.4 is 5.56 Å². The topological polar surface area (TPSA) is 39.1 Å². The second-order valence-corrected chi connectivity index (χ2v) is 5.70. The number of aromatic nitrogens is 1. The molecule has 1 aromatic heterocycles. The monoisotopic (exact) mass is 331 g/mol. The Bertz CT molecular complexity index is 946. The van der Waals surface area contributed by atoms with Gasteiger partial charge in [-0.05, 0) is 40.7 Å². The van der Waals surface area contributed by atoms with Crippen LogP contribution >= 0.6 is 23.2 Å². The highest BCUT2D eigenvalue weighted by Gasteiger charge is 2.20. The molecule has 3 nitrogen and oxygen atoms in total. The molecule has 3 rings (SSSR count). The van der Waals surface area contributed by atoms with Crippen molar-refractivity contribution in [3.05, 3.63) is 69.6 Å². The fraction of sp³-hybridized carbons (Fsp3) is 0.0588. The van der Waals surface area contributed by atoms with E-state index >= 15 is 0 Å². The van der Waals surface area contributed by atoms with E-state index in [4.69, 9.17) is 23.2 Å². The summed E-state index contributed by atoms with van der Waals surface area (Å²) in [5, 5.41) is 0.921. The second-order valence-electron chi connectivity index (χ2n) is 4.92. The van der Waals surface area contributed by atoms with Crippen LogP contribution in [-0.4, -0.2) is 9.81 Å². The Morgan fingerprint density at radius 3 is 2.36 bits per heavy atom. The van der Waals surface area contributed by atoms with Gasteiger partial charge in [0.2, 0.25) is 0 Å². The number of carbonyl (C=O) groups excluding carboxylic acids is 1. The van der Waals surface area contributed by atoms with Crippen molar-refractivity contribution >= 4 is 39.2 Å². The van der Waals surface area contributed by atoms with Crippen LogP contribution in [0.25, 0.3) is 21.9 Å². The number of pyridine rings is 1. The molecule has 5 heteroatoms. The normalized spacial score (nSPS) is 10.9. The van der Waals surface area contributed by atoms with E-state index in [9.17, 15) is 9.59 Å². The molecule has 0 saturated carbocycles. The summed E-state index contributed by atoms with van der Waals surface area (Å²) in [7, 11) is 1.54. The van der Waals surface area contributed by atoms with E-state index in [1.807, 2.05) is 30.3 Å². The maximum atomic E-state index is 12.5. The third-order valence-corrected chi connectivity index (χ3v) is 4.02. The van der Waals surface area contributed by atoms with Gasteiger partial charge in [0.25, 0.3) is 10.8 Å². The van der Waals surface area contributed by atoms with E-state index in [0.29, 0.717) is 21.4 Å². The number of rotatable bonds is 2. The Labute approximate surface area is 136 Å². The van der Waals surface area contributed by atoms with Crippen LogP contribution in [0, 0.1) is 0 Å². The second kappa shape index (κ2) is 5.59. The smallest absolute Gasteiger partial charge is 0.269 e. The maximum absolute atomic E-state index is 12.5. The molecule has 0 atom stereocenters. The van der Waals surface area contributed by atoms with Crippen molar-refractivity contribution in [3.8, 4) is 11.1 Å². The molecular weight excluding hydrogens is 321 g/mol. The molecule has 3 aromatic rings. The molecule has 0 fully saturated rings. The van der Waals surface area contributed by atoms with Gasteiger partial charge in [0.05, 0.1) is 0 Å². The summed E-state index contributed by atoms with van der Waals surface area (Å²) in [5.41, 5.74) is 1.29. The largest absolute Gasteiger partial charge is 0.307 e. The zero-order valence-electron chi connectivity index (χ0n) is 11.6. The number of carbonyl (C=O) groups is 1. The van der Waals surface area contributed by atoms with Crippen molar-refractivity contribution in [2.45, 2.75) is 0 Å². The minimum atomic E-state index is -0.680. The van der Waals surface area contributed by atoms with Gasteiger partial charge in [-0.1, -0.05) is 41.9 Å². The van der Waals surface area contributed by atoms with Gasteiger partial charge in [-0.15, -0.1) is 0 Å². The predicted octanol–water partition coefficient (Wildman–Crippen LogP) is 4.24. The first kappa shape index (κ1) is 14.8. The third-order valence-electron chi connectivity index (χ3n) is 3.61. The van der Waals surface area contributed by atoms with E-state index in [2.05, 4.69) is 0 Å². The standard InChI is InChI=1S/C17H11Cl2NO2/c1-20-15(16(19)21)14(10-5-3-2-4-6-10)13-9-11(18)7-8-12(13)17(20)22/h2-9H,1H3. The number of nitrogens with zero attached hydrogens (tertiary/aromatic N) is 1. The molecule has 2 aromatic carbocycles. The molecule has 0 unspecified atom stereocenters. The quantitative estimate of drug-likeness (QED) is 0.659. The molecule has 0 amide bonds. The highest BCUT2D eigenvalue weighted by Crippen LogP contribution is 2.32. The Kier molecular flexibility index (Phi) is 3.77. The molecule has 110 valence electrons. The van der Waals surface area contributed by atoms with Crippen LogP contribution in [0.3, 0.4) is 0 Å². The number of hydrogen-bond donors (Lipinski definition) is 0. The Balaban J connectivity index is 2.59. The zero-order valence-corrected chi connectivity index (χ0v) is 13.2. The van der Waals surface area contributed by atoms with Crippen molar-refractivity contribution in [2.24, 2.45) is 7.05 Å². The van der Waals surface area contributed by atoms with E-state index in [0.717, 1.165) is 5.56 Å². The van der Waals surface area contributed by atoms with E-state index in [1.54, 1.807) is 25.2 Å². The minimum Gasteiger partial charge on any atom is -0.307 e. The SMILES string of the molecule is Cn1c(C(=O)Cl)c(-c2ccccc2)c2cc(Cl)ccc2c1=O. The molecule has 22 heavy (non-hydrogen) atoms. The van der Waals surface area contributed by atoms with Gasteiger partial charge in [-0.3, -0.25) is 9.59 Å². The summed E-state index contributed by atoms with van der Waals surface area (Å²) in [4.78, 5) is 24.4. The Morgan fingerprint density at radius 1 is 1.05 bits per heavy atom. The van der Waals surface area contributed by atoms with E-state index in [-0.39, 0.29) is 11.3 Å². The maximum Gasteiger partial charge on any atom is 0.269 e. The predicted molar refractivity (Wildman–Crippen MR) is 89.8 cm³/mol. The lowest BCUT2D eigenvalue weighted by Gasteiger charge is -2.15. The van der Waals surface area contributed by atoms with Crippen LogP contribution in [0.5, 0.6) is 0 Å². The summed E-state index contributed by atoms with van der Waals surface area (Å²) in [6.45, 7) is 0. The average Bonchev–Trinajstić information content (AvgIpc) is 2.51. The number of halogens is 2. The Hall–Kier alpha value is -2.10. The summed E-state index contributed by atoms with van der Waals surface area (Å²) in [5.74, 6) is 0. The lowest BCUT2D eigenvalue weighted by atomic mass is 9.97. The molecule has 0 aliphatic heterocycles. The van der Waals surface area contributed by atoms with Crippen LogP contribution in [0.1, 0.15) is 10.5 Å². The molecule has 0 aliphatic carbocycles. The first-order valence-electron chi connectivity index (χ1n) is 6.58. The van der Waals surface area contributed by atoms with Gasteiger partial charge in [0.1, 0.15) is 5.69 Å². The summed E-state index contributed by atoms with van der Waals surface area (Å²) >= 11 is 11.8. The van der Waals surface area contributed by atoms with Crippen LogP contribution in [0.15, 0.2) is 53.3 Å². The molecule has 0 radical (unpaired) electrons. The zero-order chi connectivity index (χ0) is 15.9. The lowest BCUT2D eigenvalue weighted by molar-refractivity contribution is 0.107. The van der Waals surface area contributed by atoms with Crippen LogP contribution in [0.2, 0.25) is 5.02 Å². The van der Waals surface area contributed by atoms with Crippen molar-refractivity contribution in [1.82, 2.24) is 4.57 Å². The first-order chi connectivity index (χ1) is 10.5.